The molecule has 0 aliphatic heterocycles. The number of aromatic nitrogens is 1. The number of alkyl halides is 2. The van der Waals surface area contributed by atoms with Crippen LogP contribution in [0.4, 0.5) is 14.6 Å². The lowest BCUT2D eigenvalue weighted by atomic mass is 10.1. The van der Waals surface area contributed by atoms with Gasteiger partial charge in [0.15, 0.2) is 0 Å². The Balaban J connectivity index is 2.03. The van der Waals surface area contributed by atoms with E-state index in [1.54, 1.807) is 25.1 Å². The Kier molecular flexibility index (Phi) is 6.60. The summed E-state index contributed by atoms with van der Waals surface area (Å²) in [5.41, 5.74) is 1.77. The predicted molar refractivity (Wildman–Crippen MR) is 92.4 cm³/mol. The molecule has 0 aliphatic carbocycles. The third-order valence-corrected chi connectivity index (χ3v) is 3.53. The Morgan fingerprint density at radius 2 is 2.04 bits per heavy atom. The fraction of sp³-hybridized carbons (Fsp3) is 0.278. The molecular weight excluding hydrogens is 344 g/mol. The second kappa shape index (κ2) is 8.89. The van der Waals surface area contributed by atoms with Gasteiger partial charge in [0.2, 0.25) is 5.91 Å². The number of halogens is 2. The SMILES string of the molecule is CC(=O)Nc1cc(C(=O)NCc2cccc(OCC(F)F)c2C)ccn1. The van der Waals surface area contributed by atoms with E-state index in [4.69, 9.17) is 4.74 Å². The lowest BCUT2D eigenvalue weighted by Gasteiger charge is -2.13. The lowest BCUT2D eigenvalue weighted by molar-refractivity contribution is -0.114. The van der Waals surface area contributed by atoms with Crippen LogP contribution in [-0.4, -0.2) is 29.8 Å². The summed E-state index contributed by atoms with van der Waals surface area (Å²) >= 11 is 0. The van der Waals surface area contributed by atoms with Crippen molar-refractivity contribution in [2.24, 2.45) is 0 Å². The van der Waals surface area contributed by atoms with Crippen LogP contribution in [0, 0.1) is 6.92 Å². The molecule has 2 aromatic rings. The highest BCUT2D eigenvalue weighted by atomic mass is 19.3. The number of ether oxygens (including phenoxy) is 1. The van der Waals surface area contributed by atoms with Gasteiger partial charge in [-0.15, -0.1) is 0 Å². The fourth-order valence-electron chi connectivity index (χ4n) is 2.26. The molecule has 1 aromatic carbocycles. The van der Waals surface area contributed by atoms with Crippen LogP contribution in [0.15, 0.2) is 36.5 Å². The van der Waals surface area contributed by atoms with Crippen LogP contribution in [0.3, 0.4) is 0 Å². The maximum atomic E-state index is 12.3. The van der Waals surface area contributed by atoms with Gasteiger partial charge in [0.25, 0.3) is 12.3 Å². The molecule has 0 unspecified atom stereocenters. The molecular formula is C18H19F2N3O3. The molecule has 26 heavy (non-hydrogen) atoms. The minimum atomic E-state index is -2.55. The van der Waals surface area contributed by atoms with Gasteiger partial charge in [-0.2, -0.15) is 0 Å². The maximum absolute atomic E-state index is 12.3. The quantitative estimate of drug-likeness (QED) is 0.793. The van der Waals surface area contributed by atoms with Crippen molar-refractivity contribution in [3.63, 3.8) is 0 Å². The number of rotatable bonds is 7. The van der Waals surface area contributed by atoms with Crippen molar-refractivity contribution in [1.82, 2.24) is 10.3 Å². The average molecular weight is 363 g/mol. The van der Waals surface area contributed by atoms with Gasteiger partial charge in [0.05, 0.1) is 0 Å². The van der Waals surface area contributed by atoms with Gasteiger partial charge in [-0.05, 0) is 36.2 Å². The Hall–Kier alpha value is -3.03. The topological polar surface area (TPSA) is 80.3 Å². The minimum absolute atomic E-state index is 0.203. The van der Waals surface area contributed by atoms with E-state index in [2.05, 4.69) is 15.6 Å². The summed E-state index contributed by atoms with van der Waals surface area (Å²) in [5.74, 6) is 0.00114. The molecule has 2 rings (SSSR count). The van der Waals surface area contributed by atoms with E-state index in [0.717, 1.165) is 5.56 Å². The van der Waals surface area contributed by atoms with Crippen LogP contribution in [0.1, 0.15) is 28.4 Å². The monoisotopic (exact) mass is 363 g/mol. The van der Waals surface area contributed by atoms with E-state index >= 15 is 0 Å². The minimum Gasteiger partial charge on any atom is -0.487 e. The van der Waals surface area contributed by atoms with E-state index in [1.165, 1.54) is 25.3 Å². The summed E-state index contributed by atoms with van der Waals surface area (Å²) in [5, 5.41) is 5.25. The van der Waals surface area contributed by atoms with Gasteiger partial charge in [-0.3, -0.25) is 9.59 Å². The molecule has 0 saturated heterocycles. The van der Waals surface area contributed by atoms with Gasteiger partial charge in [-0.25, -0.2) is 13.8 Å². The molecule has 2 amide bonds. The van der Waals surface area contributed by atoms with Crippen molar-refractivity contribution in [2.75, 3.05) is 11.9 Å². The first kappa shape index (κ1) is 19.3. The first-order chi connectivity index (χ1) is 12.4. The van der Waals surface area contributed by atoms with E-state index < -0.39 is 13.0 Å². The van der Waals surface area contributed by atoms with E-state index in [0.29, 0.717) is 16.9 Å². The van der Waals surface area contributed by atoms with Gasteiger partial charge < -0.3 is 15.4 Å². The largest absolute Gasteiger partial charge is 0.487 e. The first-order valence-electron chi connectivity index (χ1n) is 7.88. The standard InChI is InChI=1S/C18H19F2N3O3/c1-11-14(4-3-5-15(11)26-10-16(19)20)9-22-18(25)13-6-7-21-17(8-13)23-12(2)24/h3-8,16H,9-10H2,1-2H3,(H,22,25)(H,21,23,24). The molecule has 2 N–H and O–H groups in total. The number of hydrogen-bond donors (Lipinski definition) is 2. The van der Waals surface area contributed by atoms with E-state index in [1.807, 2.05) is 0 Å². The van der Waals surface area contributed by atoms with Crippen molar-refractivity contribution in [3.05, 3.63) is 53.2 Å². The van der Waals surface area contributed by atoms with Crippen molar-refractivity contribution >= 4 is 17.6 Å². The smallest absolute Gasteiger partial charge is 0.272 e. The number of benzene rings is 1. The zero-order chi connectivity index (χ0) is 19.1. The van der Waals surface area contributed by atoms with Crippen LogP contribution in [0.5, 0.6) is 5.75 Å². The third-order valence-electron chi connectivity index (χ3n) is 3.53. The Labute approximate surface area is 149 Å². The molecule has 138 valence electrons. The number of hydrogen-bond acceptors (Lipinski definition) is 4. The van der Waals surface area contributed by atoms with Crippen molar-refractivity contribution in [3.8, 4) is 5.75 Å². The Morgan fingerprint density at radius 3 is 2.73 bits per heavy atom. The molecule has 0 aliphatic rings. The summed E-state index contributed by atoms with van der Waals surface area (Å²) in [6.45, 7) is 2.61. The number of carbonyl (C=O) groups is 2. The number of anilines is 1. The number of nitrogens with one attached hydrogen (secondary N) is 2. The zero-order valence-corrected chi connectivity index (χ0v) is 14.4. The van der Waals surface area contributed by atoms with Gasteiger partial charge >= 0.3 is 0 Å². The summed E-state index contributed by atoms with van der Waals surface area (Å²) in [4.78, 5) is 27.3. The van der Waals surface area contributed by atoms with Crippen molar-refractivity contribution in [2.45, 2.75) is 26.8 Å². The van der Waals surface area contributed by atoms with Gasteiger partial charge in [-0.1, -0.05) is 12.1 Å². The molecule has 0 radical (unpaired) electrons. The average Bonchev–Trinajstić information content (AvgIpc) is 2.59. The maximum Gasteiger partial charge on any atom is 0.272 e. The Morgan fingerprint density at radius 1 is 1.27 bits per heavy atom. The Bertz CT molecular complexity index is 797. The second-order valence-electron chi connectivity index (χ2n) is 5.54. The highest BCUT2D eigenvalue weighted by Gasteiger charge is 2.11. The van der Waals surface area contributed by atoms with Gasteiger partial charge in [0, 0.05) is 25.2 Å². The molecule has 0 fully saturated rings. The summed E-state index contributed by atoms with van der Waals surface area (Å²) in [7, 11) is 0. The second-order valence-corrected chi connectivity index (χ2v) is 5.54. The summed E-state index contributed by atoms with van der Waals surface area (Å²) in [6, 6.07) is 8.05. The highest BCUT2D eigenvalue weighted by Crippen LogP contribution is 2.22. The van der Waals surface area contributed by atoms with Crippen LogP contribution < -0.4 is 15.4 Å². The summed E-state index contributed by atoms with van der Waals surface area (Å²) < 4.78 is 29.7. The van der Waals surface area contributed by atoms with Crippen molar-refractivity contribution in [1.29, 1.82) is 0 Å². The van der Waals surface area contributed by atoms with Crippen LogP contribution in [0.25, 0.3) is 0 Å². The fourth-order valence-corrected chi connectivity index (χ4v) is 2.26. The van der Waals surface area contributed by atoms with Crippen LogP contribution in [-0.2, 0) is 11.3 Å². The first-order valence-corrected chi connectivity index (χ1v) is 7.88. The van der Waals surface area contributed by atoms with Crippen LogP contribution >= 0.6 is 0 Å². The molecule has 8 heteroatoms. The molecule has 1 heterocycles. The third kappa shape index (κ3) is 5.51. The zero-order valence-electron chi connectivity index (χ0n) is 14.4. The molecule has 0 atom stereocenters. The normalized spacial score (nSPS) is 10.5. The molecule has 0 bridgehead atoms. The molecule has 0 saturated carbocycles. The highest BCUT2D eigenvalue weighted by molar-refractivity contribution is 5.96. The lowest BCUT2D eigenvalue weighted by Crippen LogP contribution is -2.23. The number of pyridine rings is 1. The van der Waals surface area contributed by atoms with E-state index in [9.17, 15) is 18.4 Å². The number of amides is 2. The molecule has 6 nitrogen and oxygen atoms in total. The predicted octanol–water partition coefficient (Wildman–Crippen LogP) is 2.92. The molecule has 1 aromatic heterocycles. The van der Waals surface area contributed by atoms with Gasteiger partial charge in [0.1, 0.15) is 18.2 Å². The summed E-state index contributed by atoms with van der Waals surface area (Å²) in [6.07, 6.45) is -1.13. The van der Waals surface area contributed by atoms with Crippen LogP contribution in [0.2, 0.25) is 0 Å². The number of nitrogens with zero attached hydrogens (tertiary/aromatic N) is 1. The molecule has 0 spiro atoms. The van der Waals surface area contributed by atoms with Crippen molar-refractivity contribution < 1.29 is 23.1 Å². The van der Waals surface area contributed by atoms with E-state index in [-0.39, 0.29) is 24.2 Å². The number of carbonyl (C=O) groups excluding carboxylic acids is 2.